The molecule has 3 aromatic rings. The second-order valence-electron chi connectivity index (χ2n) is 7.24. The smallest absolute Gasteiger partial charge is 0.243 e. The van der Waals surface area contributed by atoms with E-state index in [4.69, 9.17) is 9.47 Å². The molecule has 0 aliphatic carbocycles. The molecule has 0 heterocycles. The molecule has 5 nitrogen and oxygen atoms in total. The van der Waals surface area contributed by atoms with Gasteiger partial charge in [0.15, 0.2) is 0 Å². The zero-order valence-corrected chi connectivity index (χ0v) is 18.6. The first-order chi connectivity index (χ1) is 14.3. The molecule has 0 aliphatic heterocycles. The average molecular weight is 426 g/mol. The summed E-state index contributed by atoms with van der Waals surface area (Å²) in [6.07, 6.45) is 0. The Morgan fingerprint density at radius 3 is 1.63 bits per heavy atom. The predicted molar refractivity (Wildman–Crippen MR) is 118 cm³/mol. The van der Waals surface area contributed by atoms with Gasteiger partial charge in [0.05, 0.1) is 19.1 Å². The van der Waals surface area contributed by atoms with Crippen molar-refractivity contribution < 1.29 is 17.9 Å². The molecule has 0 saturated carbocycles. The lowest BCUT2D eigenvalue weighted by atomic mass is 10.2. The first-order valence-electron chi connectivity index (χ1n) is 9.67. The Labute approximate surface area is 178 Å². The van der Waals surface area contributed by atoms with Crippen molar-refractivity contribution in [2.75, 3.05) is 14.2 Å². The highest BCUT2D eigenvalue weighted by atomic mass is 32.2. The number of nitrogens with zero attached hydrogens (tertiary/aromatic N) is 1. The Bertz CT molecular complexity index is 1040. The van der Waals surface area contributed by atoms with Gasteiger partial charge in [-0.05, 0) is 66.4 Å². The number of rotatable bonds is 8. The third kappa shape index (κ3) is 5.01. The Balaban J connectivity index is 1.99. The molecule has 0 N–H and O–H groups in total. The first kappa shape index (κ1) is 21.9. The molecule has 0 amide bonds. The molecular formula is C24H27NO4S. The highest BCUT2D eigenvalue weighted by Gasteiger charge is 2.26. The molecule has 3 rings (SSSR count). The van der Waals surface area contributed by atoms with Crippen molar-refractivity contribution in [3.05, 3.63) is 89.0 Å². The van der Waals surface area contributed by atoms with E-state index in [1.165, 1.54) is 4.31 Å². The number of methoxy groups -OCH3 is 2. The highest BCUT2D eigenvalue weighted by molar-refractivity contribution is 7.89. The van der Waals surface area contributed by atoms with E-state index in [0.717, 1.165) is 33.8 Å². The summed E-state index contributed by atoms with van der Waals surface area (Å²) >= 11 is 0. The van der Waals surface area contributed by atoms with Crippen LogP contribution in [0.2, 0.25) is 0 Å². The molecule has 0 atom stereocenters. The molecule has 0 aliphatic rings. The Morgan fingerprint density at radius 2 is 1.20 bits per heavy atom. The Kier molecular flexibility index (Phi) is 6.80. The van der Waals surface area contributed by atoms with Crippen LogP contribution in [-0.4, -0.2) is 26.9 Å². The van der Waals surface area contributed by atoms with Crippen LogP contribution in [0.25, 0.3) is 0 Å². The summed E-state index contributed by atoms with van der Waals surface area (Å²) in [7, 11) is -0.497. The van der Waals surface area contributed by atoms with Gasteiger partial charge in [-0.25, -0.2) is 8.42 Å². The third-order valence-electron chi connectivity index (χ3n) is 5.00. The van der Waals surface area contributed by atoms with Gasteiger partial charge in [-0.3, -0.25) is 0 Å². The number of hydrogen-bond donors (Lipinski definition) is 0. The van der Waals surface area contributed by atoms with E-state index in [1.807, 2.05) is 74.5 Å². The quantitative estimate of drug-likeness (QED) is 0.524. The number of hydrogen-bond acceptors (Lipinski definition) is 4. The minimum atomic E-state index is -3.71. The fourth-order valence-electron chi connectivity index (χ4n) is 3.22. The average Bonchev–Trinajstić information content (AvgIpc) is 2.76. The van der Waals surface area contributed by atoms with Crippen LogP contribution in [0.15, 0.2) is 71.6 Å². The molecule has 0 bridgehead atoms. The van der Waals surface area contributed by atoms with Crippen molar-refractivity contribution in [3.63, 3.8) is 0 Å². The van der Waals surface area contributed by atoms with Gasteiger partial charge in [0.1, 0.15) is 11.5 Å². The highest BCUT2D eigenvalue weighted by Crippen LogP contribution is 2.26. The van der Waals surface area contributed by atoms with Gasteiger partial charge in [-0.1, -0.05) is 36.4 Å². The molecule has 0 fully saturated rings. The van der Waals surface area contributed by atoms with Gasteiger partial charge in [0.25, 0.3) is 0 Å². The van der Waals surface area contributed by atoms with Crippen molar-refractivity contribution >= 4 is 10.0 Å². The van der Waals surface area contributed by atoms with Crippen molar-refractivity contribution in [2.45, 2.75) is 31.8 Å². The van der Waals surface area contributed by atoms with Crippen molar-refractivity contribution in [2.24, 2.45) is 0 Å². The summed E-state index contributed by atoms with van der Waals surface area (Å²) in [5.41, 5.74) is 3.42. The number of aryl methyl sites for hydroxylation is 2. The van der Waals surface area contributed by atoms with Crippen molar-refractivity contribution in [1.82, 2.24) is 4.31 Å². The summed E-state index contributed by atoms with van der Waals surface area (Å²) in [6.45, 7) is 4.23. The van der Waals surface area contributed by atoms with E-state index in [2.05, 4.69) is 0 Å². The lowest BCUT2D eigenvalue weighted by Gasteiger charge is -2.24. The van der Waals surface area contributed by atoms with E-state index in [9.17, 15) is 8.42 Å². The molecular weight excluding hydrogens is 398 g/mol. The lowest BCUT2D eigenvalue weighted by Crippen LogP contribution is -2.30. The van der Waals surface area contributed by atoms with Crippen LogP contribution in [0.3, 0.4) is 0 Å². The van der Waals surface area contributed by atoms with Crippen molar-refractivity contribution in [1.29, 1.82) is 0 Å². The van der Waals surface area contributed by atoms with Gasteiger partial charge in [0.2, 0.25) is 10.0 Å². The van der Waals surface area contributed by atoms with E-state index in [0.29, 0.717) is 4.90 Å². The van der Waals surface area contributed by atoms with Crippen LogP contribution in [0.4, 0.5) is 0 Å². The van der Waals surface area contributed by atoms with Crippen LogP contribution < -0.4 is 9.47 Å². The summed E-state index contributed by atoms with van der Waals surface area (Å²) in [5, 5.41) is 0. The fraction of sp³-hybridized carbons (Fsp3) is 0.250. The van der Waals surface area contributed by atoms with Crippen LogP contribution >= 0.6 is 0 Å². The molecule has 0 radical (unpaired) electrons. The summed E-state index contributed by atoms with van der Waals surface area (Å²) in [5.74, 6) is 1.47. The first-order valence-corrected chi connectivity index (χ1v) is 11.1. The Hall–Kier alpha value is -2.83. The van der Waals surface area contributed by atoms with Crippen LogP contribution in [-0.2, 0) is 23.1 Å². The molecule has 6 heteroatoms. The minimum Gasteiger partial charge on any atom is -0.497 e. The number of ether oxygens (including phenoxy) is 2. The zero-order chi connectivity index (χ0) is 21.7. The standard InChI is InChI=1S/C24H27NO4S/c1-18-5-6-19(2)24(15-18)30(26,27)25(16-20-7-11-22(28-3)12-8-20)17-21-9-13-23(29-4)14-10-21/h5-15H,16-17H2,1-4H3. The SMILES string of the molecule is COc1ccc(CN(Cc2ccc(OC)cc2)S(=O)(=O)c2cc(C)ccc2C)cc1. The third-order valence-corrected chi connectivity index (χ3v) is 6.93. The van der Waals surface area contributed by atoms with E-state index in [-0.39, 0.29) is 13.1 Å². The number of benzene rings is 3. The fourth-order valence-corrected chi connectivity index (χ4v) is 4.95. The maximum Gasteiger partial charge on any atom is 0.243 e. The summed E-state index contributed by atoms with van der Waals surface area (Å²) in [4.78, 5) is 0.338. The molecule has 3 aromatic carbocycles. The monoisotopic (exact) mass is 425 g/mol. The lowest BCUT2D eigenvalue weighted by molar-refractivity contribution is 0.397. The van der Waals surface area contributed by atoms with E-state index in [1.54, 1.807) is 20.3 Å². The summed E-state index contributed by atoms with van der Waals surface area (Å²) in [6, 6.07) is 20.4. The van der Waals surface area contributed by atoms with Gasteiger partial charge in [-0.2, -0.15) is 4.31 Å². The Morgan fingerprint density at radius 1 is 0.733 bits per heavy atom. The van der Waals surface area contributed by atoms with Gasteiger partial charge >= 0.3 is 0 Å². The second-order valence-corrected chi connectivity index (χ2v) is 9.14. The molecule has 0 unspecified atom stereocenters. The molecule has 30 heavy (non-hydrogen) atoms. The van der Waals surface area contributed by atoms with Gasteiger partial charge in [0, 0.05) is 13.1 Å². The van der Waals surface area contributed by atoms with E-state index < -0.39 is 10.0 Å². The predicted octanol–water partition coefficient (Wildman–Crippen LogP) is 4.71. The maximum atomic E-state index is 13.6. The van der Waals surface area contributed by atoms with Crippen LogP contribution in [0, 0.1) is 13.8 Å². The largest absolute Gasteiger partial charge is 0.497 e. The van der Waals surface area contributed by atoms with E-state index >= 15 is 0 Å². The molecule has 0 spiro atoms. The van der Waals surface area contributed by atoms with Crippen LogP contribution in [0.5, 0.6) is 11.5 Å². The molecule has 158 valence electrons. The van der Waals surface area contributed by atoms with Crippen LogP contribution in [0.1, 0.15) is 22.3 Å². The van der Waals surface area contributed by atoms with Gasteiger partial charge < -0.3 is 9.47 Å². The van der Waals surface area contributed by atoms with Crippen molar-refractivity contribution in [3.8, 4) is 11.5 Å². The minimum absolute atomic E-state index is 0.256. The zero-order valence-electron chi connectivity index (χ0n) is 17.8. The topological polar surface area (TPSA) is 55.8 Å². The summed E-state index contributed by atoms with van der Waals surface area (Å²) < 4.78 is 39.2. The molecule has 0 saturated heterocycles. The molecule has 0 aromatic heterocycles. The maximum absolute atomic E-state index is 13.6. The second kappa shape index (κ2) is 9.32. The van der Waals surface area contributed by atoms with Gasteiger partial charge in [-0.15, -0.1) is 0 Å². The number of sulfonamides is 1. The normalized spacial score (nSPS) is 11.5.